The summed E-state index contributed by atoms with van der Waals surface area (Å²) in [5.74, 6) is -2.75. The van der Waals surface area contributed by atoms with E-state index in [4.69, 9.17) is 19.2 Å². The van der Waals surface area contributed by atoms with Crippen molar-refractivity contribution in [3.8, 4) is 6.07 Å². The van der Waals surface area contributed by atoms with Gasteiger partial charge in [0.1, 0.15) is 17.8 Å². The summed E-state index contributed by atoms with van der Waals surface area (Å²) in [6.07, 6.45) is 9.92. The van der Waals surface area contributed by atoms with Crippen LogP contribution >= 0.6 is 0 Å². The van der Waals surface area contributed by atoms with Crippen LogP contribution in [-0.2, 0) is 23.8 Å². The number of rotatable bonds is 10. The monoisotopic (exact) mass is 640 g/mol. The number of nitrogens with zero attached hydrogens (tertiary/aromatic N) is 3. The molecule has 46 heavy (non-hydrogen) atoms. The maximum absolute atomic E-state index is 14.4. The second kappa shape index (κ2) is 13.9. The lowest BCUT2D eigenvalue weighted by molar-refractivity contribution is -0.295. The number of H-pyrrole nitrogens is 1. The molecule has 3 aliphatic rings. The molecule has 9 heteroatoms. The number of hydrogen-bond donors (Lipinski definition) is 1. The minimum absolute atomic E-state index is 0.0150. The first kappa shape index (κ1) is 36.4. The van der Waals surface area contributed by atoms with Gasteiger partial charge in [0.2, 0.25) is 0 Å². The quantitative estimate of drug-likeness (QED) is 0.256. The number of aromatic nitrogens is 3. The molecule has 2 aliphatic carbocycles. The first-order valence-corrected chi connectivity index (χ1v) is 17.8. The summed E-state index contributed by atoms with van der Waals surface area (Å²) in [5, 5.41) is 17.9. The van der Waals surface area contributed by atoms with Crippen LogP contribution in [-0.4, -0.2) is 52.5 Å². The highest BCUT2D eigenvalue weighted by Gasteiger charge is 2.64. The fourth-order valence-corrected chi connectivity index (χ4v) is 9.09. The zero-order chi connectivity index (χ0) is 34.1. The minimum atomic E-state index is -1.44. The molecule has 3 fully saturated rings. The van der Waals surface area contributed by atoms with Crippen molar-refractivity contribution in [1.82, 2.24) is 15.2 Å². The van der Waals surface area contributed by atoms with Crippen LogP contribution in [0, 0.1) is 51.2 Å². The number of nitrogens with one attached hydrogen (secondary N) is 1. The molecule has 1 spiro atoms. The number of carbonyl (C=O) groups excluding carboxylic acids is 2. The SMILES string of the molecule is CCCCC1(CC)COC12CCCCC2c1nc(C(C(=O)OC2C(C(C)(C)C)CC(C)CC2C(C)(C)C)C(C#N)C(=O)OC)n[nH]1. The minimum Gasteiger partial charge on any atom is -0.468 e. The number of unbranched alkanes of at least 4 members (excludes halogenated alkanes) is 1. The Morgan fingerprint density at radius 1 is 1.09 bits per heavy atom. The summed E-state index contributed by atoms with van der Waals surface area (Å²) in [5.41, 5.74) is -0.496. The molecule has 7 atom stereocenters. The molecule has 258 valence electrons. The predicted octanol–water partition coefficient (Wildman–Crippen LogP) is 7.88. The van der Waals surface area contributed by atoms with Gasteiger partial charge in [0, 0.05) is 23.2 Å². The highest BCUT2D eigenvalue weighted by atomic mass is 16.5. The highest BCUT2D eigenvalue weighted by molar-refractivity contribution is 5.87. The third-order valence-corrected chi connectivity index (χ3v) is 11.9. The van der Waals surface area contributed by atoms with Gasteiger partial charge in [-0.2, -0.15) is 10.4 Å². The van der Waals surface area contributed by atoms with E-state index in [1.54, 1.807) is 0 Å². The van der Waals surface area contributed by atoms with Gasteiger partial charge in [-0.05, 0) is 55.3 Å². The predicted molar refractivity (Wildman–Crippen MR) is 177 cm³/mol. The van der Waals surface area contributed by atoms with Crippen molar-refractivity contribution < 1.29 is 23.8 Å². The van der Waals surface area contributed by atoms with Crippen LogP contribution in [0.25, 0.3) is 0 Å². The second-order valence-electron chi connectivity index (χ2n) is 16.8. The smallest absolute Gasteiger partial charge is 0.324 e. The summed E-state index contributed by atoms with van der Waals surface area (Å²) in [6.45, 7) is 20.7. The molecular formula is C37H60N4O5. The Morgan fingerprint density at radius 3 is 2.24 bits per heavy atom. The standard InChI is InChI=1S/C37H60N4O5/c1-11-13-17-36(12-2)22-45-37(36)18-15-14-16-25(37)30-39-31(41-40-30)28(24(21-38)32(42)44-10)33(43)46-29-26(34(4,5)6)19-23(3)20-27(29)35(7,8)9/h23-29H,11-20,22H2,1-10H3,(H,39,40,41). The summed E-state index contributed by atoms with van der Waals surface area (Å²) in [7, 11) is 1.23. The van der Waals surface area contributed by atoms with Crippen molar-refractivity contribution in [3.63, 3.8) is 0 Å². The van der Waals surface area contributed by atoms with Crippen LogP contribution in [0.5, 0.6) is 0 Å². The topological polar surface area (TPSA) is 127 Å². The van der Waals surface area contributed by atoms with Gasteiger partial charge < -0.3 is 14.2 Å². The number of carbonyl (C=O) groups is 2. The molecule has 1 N–H and O–H groups in total. The van der Waals surface area contributed by atoms with Crippen LogP contribution in [0.1, 0.15) is 150 Å². The Balaban J connectivity index is 1.73. The molecule has 0 amide bonds. The lowest BCUT2D eigenvalue weighted by atomic mass is 9.54. The van der Waals surface area contributed by atoms with Gasteiger partial charge in [-0.25, -0.2) is 4.98 Å². The van der Waals surface area contributed by atoms with Crippen LogP contribution in [0.4, 0.5) is 0 Å². The number of aromatic amines is 1. The molecule has 0 radical (unpaired) electrons. The van der Waals surface area contributed by atoms with Crippen molar-refractivity contribution in [3.05, 3.63) is 11.6 Å². The Labute approximate surface area is 277 Å². The van der Waals surface area contributed by atoms with Crippen molar-refractivity contribution in [2.24, 2.45) is 39.9 Å². The molecule has 7 unspecified atom stereocenters. The third kappa shape index (κ3) is 6.75. The largest absolute Gasteiger partial charge is 0.468 e. The normalized spacial score (nSPS) is 33.0. The van der Waals surface area contributed by atoms with E-state index in [0.29, 0.717) is 11.7 Å². The van der Waals surface area contributed by atoms with Crippen LogP contribution in [0.15, 0.2) is 0 Å². The van der Waals surface area contributed by atoms with Gasteiger partial charge in [-0.1, -0.05) is 88.0 Å². The lowest BCUT2D eigenvalue weighted by Crippen LogP contribution is -2.66. The van der Waals surface area contributed by atoms with Crippen molar-refractivity contribution in [2.45, 2.75) is 150 Å². The van der Waals surface area contributed by atoms with E-state index in [1.807, 2.05) is 6.07 Å². The number of esters is 2. The fourth-order valence-electron chi connectivity index (χ4n) is 9.09. The lowest BCUT2D eigenvalue weighted by Gasteiger charge is -2.63. The Hall–Kier alpha value is -2.47. The van der Waals surface area contributed by atoms with Crippen molar-refractivity contribution in [1.29, 1.82) is 5.26 Å². The van der Waals surface area contributed by atoms with Gasteiger partial charge in [0.05, 0.1) is 25.4 Å². The molecule has 1 saturated heterocycles. The first-order chi connectivity index (χ1) is 21.6. The van der Waals surface area contributed by atoms with Gasteiger partial charge >= 0.3 is 11.9 Å². The van der Waals surface area contributed by atoms with Crippen LogP contribution in [0.2, 0.25) is 0 Å². The van der Waals surface area contributed by atoms with Gasteiger partial charge in [0.15, 0.2) is 11.7 Å². The fraction of sp³-hybridized carbons (Fsp3) is 0.865. The van der Waals surface area contributed by atoms with Gasteiger partial charge in [-0.3, -0.25) is 14.7 Å². The number of ether oxygens (including phenoxy) is 3. The Kier molecular flexibility index (Phi) is 11.0. The average Bonchev–Trinajstić information content (AvgIpc) is 3.48. The third-order valence-electron chi connectivity index (χ3n) is 11.9. The molecule has 1 aromatic rings. The molecule has 2 saturated carbocycles. The zero-order valence-electron chi connectivity index (χ0n) is 30.2. The maximum atomic E-state index is 14.4. The molecule has 0 aromatic carbocycles. The molecule has 2 heterocycles. The molecule has 0 bridgehead atoms. The second-order valence-corrected chi connectivity index (χ2v) is 16.8. The average molecular weight is 641 g/mol. The number of nitriles is 1. The maximum Gasteiger partial charge on any atom is 0.324 e. The molecule has 1 aromatic heterocycles. The summed E-state index contributed by atoms with van der Waals surface area (Å²) < 4.78 is 18.1. The van der Waals surface area contributed by atoms with Gasteiger partial charge in [-0.15, -0.1) is 0 Å². The van der Waals surface area contributed by atoms with Crippen LogP contribution in [0.3, 0.4) is 0 Å². The van der Waals surface area contributed by atoms with E-state index in [2.05, 4.69) is 72.5 Å². The Bertz CT molecular complexity index is 1230. The van der Waals surface area contributed by atoms with Crippen molar-refractivity contribution >= 4 is 11.9 Å². The molecule has 9 nitrogen and oxygen atoms in total. The van der Waals surface area contributed by atoms with Crippen molar-refractivity contribution in [2.75, 3.05) is 13.7 Å². The zero-order valence-corrected chi connectivity index (χ0v) is 30.2. The molecule has 1 aliphatic heterocycles. The summed E-state index contributed by atoms with van der Waals surface area (Å²) in [4.78, 5) is 32.3. The number of hydrogen-bond acceptors (Lipinski definition) is 8. The first-order valence-electron chi connectivity index (χ1n) is 17.8. The molecular weight excluding hydrogens is 580 g/mol. The van der Waals surface area contributed by atoms with Gasteiger partial charge in [0.25, 0.3) is 0 Å². The summed E-state index contributed by atoms with van der Waals surface area (Å²) in [6, 6.07) is 2.04. The van der Waals surface area contributed by atoms with E-state index in [-0.39, 0.29) is 51.5 Å². The highest BCUT2D eigenvalue weighted by Crippen LogP contribution is 2.62. The summed E-state index contributed by atoms with van der Waals surface area (Å²) >= 11 is 0. The van der Waals surface area contributed by atoms with Crippen LogP contribution < -0.4 is 0 Å². The van der Waals surface area contributed by atoms with E-state index >= 15 is 0 Å². The van der Waals surface area contributed by atoms with E-state index < -0.39 is 23.8 Å². The van der Waals surface area contributed by atoms with E-state index in [9.17, 15) is 14.9 Å². The van der Waals surface area contributed by atoms with E-state index in [1.165, 1.54) is 7.11 Å². The van der Waals surface area contributed by atoms with E-state index in [0.717, 1.165) is 70.8 Å². The Morgan fingerprint density at radius 2 is 1.74 bits per heavy atom. The molecule has 4 rings (SSSR count). The number of methoxy groups -OCH3 is 1.